The summed E-state index contributed by atoms with van der Waals surface area (Å²) in [6, 6.07) is 8.95. The van der Waals surface area contributed by atoms with Gasteiger partial charge < -0.3 is 19.3 Å². The highest BCUT2D eigenvalue weighted by molar-refractivity contribution is 7.18. The zero-order valence-electron chi connectivity index (χ0n) is 17.4. The Hall–Kier alpha value is -3.20. The first kappa shape index (κ1) is 21.5. The van der Waals surface area contributed by atoms with Crippen LogP contribution in [-0.4, -0.2) is 29.1 Å². The van der Waals surface area contributed by atoms with Gasteiger partial charge in [-0.3, -0.25) is 4.79 Å². The zero-order valence-corrected chi connectivity index (χ0v) is 18.3. The number of carbonyl (C=O) groups excluding carboxylic acids is 2. The lowest BCUT2D eigenvalue weighted by molar-refractivity contribution is -0.123. The fourth-order valence-corrected chi connectivity index (χ4v) is 3.37. The predicted octanol–water partition coefficient (Wildman–Crippen LogP) is 4.46. The van der Waals surface area contributed by atoms with E-state index in [0.29, 0.717) is 15.7 Å². The molecule has 0 saturated heterocycles. The van der Waals surface area contributed by atoms with Crippen LogP contribution in [0.2, 0.25) is 0 Å². The van der Waals surface area contributed by atoms with E-state index in [0.717, 1.165) is 16.9 Å². The molecule has 158 valence electrons. The molecule has 0 spiro atoms. The van der Waals surface area contributed by atoms with Crippen molar-refractivity contribution in [1.82, 2.24) is 10.1 Å². The third-order valence-corrected chi connectivity index (χ3v) is 5.30. The molecule has 8 nitrogen and oxygen atoms in total. The van der Waals surface area contributed by atoms with Gasteiger partial charge in [0.1, 0.15) is 10.6 Å². The van der Waals surface area contributed by atoms with Crippen LogP contribution in [0.15, 0.2) is 34.9 Å². The van der Waals surface area contributed by atoms with Crippen LogP contribution in [0.4, 0.5) is 5.00 Å². The van der Waals surface area contributed by atoms with Crippen molar-refractivity contribution in [2.24, 2.45) is 5.41 Å². The molecular formula is C21H23N3O5S. The number of ether oxygens (including phenoxy) is 2. The van der Waals surface area contributed by atoms with Crippen molar-refractivity contribution < 1.29 is 23.6 Å². The smallest absolute Gasteiger partial charge is 0.349 e. The molecule has 1 aromatic carbocycles. The molecule has 0 fully saturated rings. The molecule has 0 aliphatic rings. The minimum absolute atomic E-state index is 0.124. The van der Waals surface area contributed by atoms with Crippen LogP contribution in [0.1, 0.15) is 41.9 Å². The number of nitrogens with one attached hydrogen (secondary N) is 1. The molecule has 1 amide bonds. The van der Waals surface area contributed by atoms with Gasteiger partial charge in [0.2, 0.25) is 11.7 Å². The molecule has 0 bridgehead atoms. The molecule has 1 N–H and O–H groups in total. The molecule has 0 saturated carbocycles. The van der Waals surface area contributed by atoms with Crippen LogP contribution in [-0.2, 0) is 16.1 Å². The maximum absolute atomic E-state index is 12.5. The summed E-state index contributed by atoms with van der Waals surface area (Å²) in [5, 5.41) is 7.33. The molecular weight excluding hydrogens is 406 g/mol. The van der Waals surface area contributed by atoms with Gasteiger partial charge in [0.25, 0.3) is 5.89 Å². The molecule has 0 aliphatic heterocycles. The number of benzene rings is 1. The van der Waals surface area contributed by atoms with Gasteiger partial charge >= 0.3 is 5.97 Å². The molecule has 3 rings (SSSR count). The first-order chi connectivity index (χ1) is 14.2. The number of esters is 1. The van der Waals surface area contributed by atoms with Crippen LogP contribution < -0.4 is 10.1 Å². The summed E-state index contributed by atoms with van der Waals surface area (Å²) in [5.41, 5.74) is 0.946. The number of hydrogen-bond donors (Lipinski definition) is 1. The van der Waals surface area contributed by atoms with Crippen LogP contribution in [0, 0.1) is 12.3 Å². The normalized spacial score (nSPS) is 11.2. The molecule has 30 heavy (non-hydrogen) atoms. The van der Waals surface area contributed by atoms with Gasteiger partial charge in [-0.2, -0.15) is 4.98 Å². The summed E-state index contributed by atoms with van der Waals surface area (Å²) in [5.74, 6) is 0.659. The number of methoxy groups -OCH3 is 1. The Morgan fingerprint density at radius 1 is 1.20 bits per heavy atom. The number of nitrogens with zero attached hydrogens (tertiary/aromatic N) is 2. The lowest BCUT2D eigenvalue weighted by Crippen LogP contribution is -2.27. The van der Waals surface area contributed by atoms with Crippen LogP contribution in [0.3, 0.4) is 0 Å². The van der Waals surface area contributed by atoms with Crippen LogP contribution in [0.5, 0.6) is 5.75 Å². The quantitative estimate of drug-likeness (QED) is 0.577. The summed E-state index contributed by atoms with van der Waals surface area (Å²) < 4.78 is 15.6. The van der Waals surface area contributed by atoms with Gasteiger partial charge in [-0.05, 0) is 42.8 Å². The number of hydrogen-bond acceptors (Lipinski definition) is 8. The maximum atomic E-state index is 12.5. The topological polar surface area (TPSA) is 104 Å². The van der Waals surface area contributed by atoms with Crippen molar-refractivity contribution >= 4 is 28.2 Å². The van der Waals surface area contributed by atoms with E-state index in [4.69, 9.17) is 14.0 Å². The van der Waals surface area contributed by atoms with Crippen LogP contribution in [0.25, 0.3) is 11.4 Å². The lowest BCUT2D eigenvalue weighted by Gasteiger charge is -2.16. The Morgan fingerprint density at radius 2 is 1.90 bits per heavy atom. The number of aromatic nitrogens is 2. The average molecular weight is 429 g/mol. The highest BCUT2D eigenvalue weighted by Crippen LogP contribution is 2.29. The molecule has 0 unspecified atom stereocenters. The average Bonchev–Trinajstić information content (AvgIpc) is 3.32. The summed E-state index contributed by atoms with van der Waals surface area (Å²) in [4.78, 5) is 29.2. The van der Waals surface area contributed by atoms with Gasteiger partial charge in [-0.15, -0.1) is 11.3 Å². The zero-order chi connectivity index (χ0) is 21.9. The number of amides is 1. The summed E-state index contributed by atoms with van der Waals surface area (Å²) >= 11 is 1.17. The SMILES string of the molecule is COc1ccc(-c2noc(COC(=O)c3sc(NC(=O)C(C)(C)C)cc3C)n2)cc1. The van der Waals surface area contributed by atoms with E-state index in [1.165, 1.54) is 11.3 Å². The van der Waals surface area contributed by atoms with Crippen molar-refractivity contribution in [3.05, 3.63) is 46.7 Å². The third-order valence-electron chi connectivity index (χ3n) is 4.16. The van der Waals surface area contributed by atoms with E-state index < -0.39 is 11.4 Å². The van der Waals surface area contributed by atoms with Crippen molar-refractivity contribution in [3.8, 4) is 17.1 Å². The fraction of sp³-hybridized carbons (Fsp3) is 0.333. The third kappa shape index (κ3) is 5.04. The summed E-state index contributed by atoms with van der Waals surface area (Å²) in [6.07, 6.45) is 0. The summed E-state index contributed by atoms with van der Waals surface area (Å²) in [7, 11) is 1.59. The number of carbonyl (C=O) groups is 2. The van der Waals surface area contributed by atoms with Crippen molar-refractivity contribution in [1.29, 1.82) is 0 Å². The minimum atomic E-state index is -0.530. The Balaban J connectivity index is 1.62. The van der Waals surface area contributed by atoms with Crippen molar-refractivity contribution in [3.63, 3.8) is 0 Å². The first-order valence-electron chi connectivity index (χ1n) is 9.23. The Morgan fingerprint density at radius 3 is 2.53 bits per heavy atom. The molecule has 9 heteroatoms. The number of anilines is 1. The second-order valence-electron chi connectivity index (χ2n) is 7.64. The molecule has 2 aromatic heterocycles. The maximum Gasteiger partial charge on any atom is 0.349 e. The fourth-order valence-electron chi connectivity index (χ4n) is 2.41. The van der Waals surface area contributed by atoms with E-state index in [9.17, 15) is 9.59 Å². The molecule has 3 aromatic rings. The van der Waals surface area contributed by atoms with Crippen molar-refractivity contribution in [2.45, 2.75) is 34.3 Å². The molecule has 2 heterocycles. The van der Waals surface area contributed by atoms with Crippen molar-refractivity contribution in [2.75, 3.05) is 12.4 Å². The van der Waals surface area contributed by atoms with E-state index in [1.54, 1.807) is 32.2 Å². The number of thiophene rings is 1. The first-order valence-corrected chi connectivity index (χ1v) is 10.0. The second-order valence-corrected chi connectivity index (χ2v) is 8.70. The number of rotatable bonds is 6. The Kier molecular flexibility index (Phi) is 6.21. The van der Waals surface area contributed by atoms with Gasteiger partial charge in [-0.25, -0.2) is 4.79 Å². The molecule has 0 aliphatic carbocycles. The highest BCUT2D eigenvalue weighted by Gasteiger charge is 2.23. The largest absolute Gasteiger partial charge is 0.497 e. The Labute approximate surface area is 178 Å². The van der Waals surface area contributed by atoms with E-state index in [1.807, 2.05) is 32.9 Å². The van der Waals surface area contributed by atoms with Gasteiger partial charge in [0, 0.05) is 11.0 Å². The standard InChI is InChI=1S/C21H23N3O5S/c1-12-10-16(23-20(26)21(2,3)4)30-17(12)19(25)28-11-15-22-18(24-29-15)13-6-8-14(27-5)9-7-13/h6-10H,11H2,1-5H3,(H,23,26). The van der Waals surface area contributed by atoms with Gasteiger partial charge in [0.15, 0.2) is 6.61 Å². The van der Waals surface area contributed by atoms with Crippen LogP contribution >= 0.6 is 11.3 Å². The molecule has 0 atom stereocenters. The predicted molar refractivity (Wildman–Crippen MR) is 113 cm³/mol. The van der Waals surface area contributed by atoms with Gasteiger partial charge in [-0.1, -0.05) is 25.9 Å². The highest BCUT2D eigenvalue weighted by atomic mass is 32.1. The van der Waals surface area contributed by atoms with E-state index in [-0.39, 0.29) is 18.4 Å². The Bertz CT molecular complexity index is 1050. The summed E-state index contributed by atoms with van der Waals surface area (Å²) in [6.45, 7) is 7.10. The minimum Gasteiger partial charge on any atom is -0.497 e. The molecule has 0 radical (unpaired) electrons. The van der Waals surface area contributed by atoms with E-state index >= 15 is 0 Å². The van der Waals surface area contributed by atoms with Gasteiger partial charge in [0.05, 0.1) is 12.1 Å². The second kappa shape index (κ2) is 8.66. The monoisotopic (exact) mass is 429 g/mol. The van der Waals surface area contributed by atoms with E-state index in [2.05, 4.69) is 15.5 Å². The number of aryl methyl sites for hydroxylation is 1. The lowest BCUT2D eigenvalue weighted by atomic mass is 9.96.